The molecule has 182 valence electrons. The van der Waals surface area contributed by atoms with Crippen LogP contribution in [0.25, 0.3) is 21.0 Å². The molecule has 0 saturated carbocycles. The highest BCUT2D eigenvalue weighted by molar-refractivity contribution is 7.20. The summed E-state index contributed by atoms with van der Waals surface area (Å²) in [6, 6.07) is 14.3. The molecule has 8 nitrogen and oxygen atoms in total. The lowest BCUT2D eigenvalue weighted by atomic mass is 9.98. The molecule has 2 aromatic heterocycles. The molecular weight excluding hydrogens is 466 g/mol. The minimum absolute atomic E-state index is 0.0599. The zero-order valence-electron chi connectivity index (χ0n) is 19.6. The van der Waals surface area contributed by atoms with Crippen molar-refractivity contribution in [3.8, 4) is 5.75 Å². The summed E-state index contributed by atoms with van der Waals surface area (Å²) in [6.45, 7) is 4.97. The van der Waals surface area contributed by atoms with Gasteiger partial charge in [0, 0.05) is 17.7 Å². The molecule has 0 radical (unpaired) electrons. The largest absolute Gasteiger partial charge is 0.494 e. The normalized spacial score (nSPS) is 12.3. The van der Waals surface area contributed by atoms with E-state index in [1.165, 1.54) is 11.3 Å². The smallest absolute Gasteiger partial charge is 0.307 e. The Morgan fingerprint density at radius 3 is 2.69 bits per heavy atom. The maximum atomic E-state index is 12.9. The number of ketones is 1. The molecule has 4 rings (SSSR count). The first-order chi connectivity index (χ1) is 16.8. The number of aryl methyl sites for hydroxylation is 1. The van der Waals surface area contributed by atoms with Crippen LogP contribution in [0.2, 0.25) is 0 Å². The maximum Gasteiger partial charge on any atom is 0.307 e. The maximum absolute atomic E-state index is 12.9. The van der Waals surface area contributed by atoms with Crippen LogP contribution in [0, 0.1) is 11.8 Å². The standard InChI is InChI=1S/C26H27N3O5S/c1-16(2)10-12-34-19-8-7-17-14-24(35-23(17)15-19)22(30)13-18(26(32)33)9-11-29-25(31)20-5-3-4-6-21(20)27-28-29/h3-8,14-16,18H,9-13H2,1-2H3,(H,32,33). The van der Waals surface area contributed by atoms with E-state index in [-0.39, 0.29) is 30.7 Å². The third-order valence-electron chi connectivity index (χ3n) is 5.83. The Morgan fingerprint density at radius 2 is 1.91 bits per heavy atom. The molecule has 0 amide bonds. The predicted molar refractivity (Wildman–Crippen MR) is 135 cm³/mol. The minimum atomic E-state index is -1.08. The summed E-state index contributed by atoms with van der Waals surface area (Å²) < 4.78 is 7.88. The first-order valence-corrected chi connectivity index (χ1v) is 12.4. The summed E-state index contributed by atoms with van der Waals surface area (Å²) in [4.78, 5) is 37.9. The van der Waals surface area contributed by atoms with Crippen LogP contribution in [0.3, 0.4) is 0 Å². The molecule has 0 bridgehead atoms. The monoisotopic (exact) mass is 493 g/mol. The molecular formula is C26H27N3O5S. The van der Waals surface area contributed by atoms with Crippen molar-refractivity contribution in [1.29, 1.82) is 0 Å². The van der Waals surface area contributed by atoms with E-state index >= 15 is 0 Å². The number of carbonyl (C=O) groups excluding carboxylic acids is 1. The molecule has 0 saturated heterocycles. The summed E-state index contributed by atoms with van der Waals surface area (Å²) >= 11 is 1.33. The number of carbonyl (C=O) groups is 2. The van der Waals surface area contributed by atoms with Crippen LogP contribution in [-0.2, 0) is 11.3 Å². The lowest BCUT2D eigenvalue weighted by molar-refractivity contribution is -0.142. The minimum Gasteiger partial charge on any atom is -0.494 e. The van der Waals surface area contributed by atoms with Crippen molar-refractivity contribution in [2.24, 2.45) is 11.8 Å². The lowest BCUT2D eigenvalue weighted by Crippen LogP contribution is -2.27. The van der Waals surface area contributed by atoms with Crippen LogP contribution >= 0.6 is 11.3 Å². The zero-order valence-corrected chi connectivity index (χ0v) is 20.5. The summed E-state index contributed by atoms with van der Waals surface area (Å²) in [5.74, 6) is -0.953. The van der Waals surface area contributed by atoms with Crippen molar-refractivity contribution in [3.05, 3.63) is 63.8 Å². The van der Waals surface area contributed by atoms with Gasteiger partial charge in [-0.05, 0) is 60.5 Å². The third kappa shape index (κ3) is 5.92. The van der Waals surface area contributed by atoms with Crippen molar-refractivity contribution in [2.45, 2.75) is 39.7 Å². The van der Waals surface area contributed by atoms with Gasteiger partial charge in [-0.1, -0.05) is 31.2 Å². The van der Waals surface area contributed by atoms with Gasteiger partial charge in [0.15, 0.2) is 5.78 Å². The Morgan fingerprint density at radius 1 is 1.11 bits per heavy atom. The van der Waals surface area contributed by atoms with Crippen molar-refractivity contribution in [3.63, 3.8) is 0 Å². The number of ether oxygens (including phenoxy) is 1. The quantitative estimate of drug-likeness (QED) is 0.299. The average molecular weight is 494 g/mol. The SMILES string of the molecule is CC(C)CCOc1ccc2cc(C(=O)CC(CCn3nnc4ccccc4c3=O)C(=O)O)sc2c1. The van der Waals surface area contributed by atoms with E-state index in [4.69, 9.17) is 4.74 Å². The molecule has 1 unspecified atom stereocenters. The number of Topliss-reactive ketones (excluding diaryl/α,β-unsaturated/α-hetero) is 1. The molecule has 9 heteroatoms. The number of aromatic nitrogens is 3. The van der Waals surface area contributed by atoms with Crippen molar-refractivity contribution >= 4 is 44.1 Å². The Kier molecular flexibility index (Phi) is 7.55. The molecule has 0 spiro atoms. The van der Waals surface area contributed by atoms with E-state index in [1.54, 1.807) is 30.3 Å². The van der Waals surface area contributed by atoms with Crippen molar-refractivity contribution in [2.75, 3.05) is 6.61 Å². The molecule has 0 aliphatic heterocycles. The van der Waals surface area contributed by atoms with Crippen LogP contribution in [0.15, 0.2) is 53.3 Å². The van der Waals surface area contributed by atoms with Gasteiger partial charge in [-0.3, -0.25) is 14.4 Å². The van der Waals surface area contributed by atoms with Gasteiger partial charge in [0.25, 0.3) is 5.56 Å². The number of benzene rings is 2. The third-order valence-corrected chi connectivity index (χ3v) is 6.97. The number of carboxylic acids is 1. The number of carboxylic acid groups (broad SMARTS) is 1. The Bertz CT molecular complexity index is 1430. The van der Waals surface area contributed by atoms with Crippen LogP contribution in [-0.4, -0.2) is 38.5 Å². The summed E-state index contributed by atoms with van der Waals surface area (Å²) in [5, 5.41) is 19.0. The highest BCUT2D eigenvalue weighted by Gasteiger charge is 2.24. The Labute approximate surface area is 206 Å². The Balaban J connectivity index is 1.43. The number of rotatable bonds is 11. The molecule has 1 atom stereocenters. The van der Waals surface area contributed by atoms with E-state index in [9.17, 15) is 19.5 Å². The highest BCUT2D eigenvalue weighted by Crippen LogP contribution is 2.31. The van der Waals surface area contributed by atoms with Gasteiger partial charge in [-0.2, -0.15) is 0 Å². The average Bonchev–Trinajstić information content (AvgIpc) is 3.26. The van der Waals surface area contributed by atoms with Crippen LogP contribution in [0.4, 0.5) is 0 Å². The summed E-state index contributed by atoms with van der Waals surface area (Å²) in [6.07, 6.45) is 0.891. The molecule has 2 heterocycles. The first kappa shape index (κ1) is 24.5. The second kappa shape index (κ2) is 10.8. The van der Waals surface area contributed by atoms with Crippen molar-refractivity contribution in [1.82, 2.24) is 15.0 Å². The van der Waals surface area contributed by atoms with Crippen LogP contribution < -0.4 is 10.3 Å². The molecule has 2 aromatic carbocycles. The highest BCUT2D eigenvalue weighted by atomic mass is 32.1. The van der Waals surface area contributed by atoms with Gasteiger partial charge in [-0.15, -0.1) is 16.4 Å². The number of hydrogen-bond acceptors (Lipinski definition) is 7. The van der Waals surface area contributed by atoms with Gasteiger partial charge < -0.3 is 9.84 Å². The van der Waals surface area contributed by atoms with Gasteiger partial charge in [0.05, 0.1) is 22.8 Å². The van der Waals surface area contributed by atoms with Crippen LogP contribution in [0.5, 0.6) is 5.75 Å². The van der Waals surface area contributed by atoms with Gasteiger partial charge >= 0.3 is 5.97 Å². The molecule has 1 N–H and O–H groups in total. The van der Waals surface area contributed by atoms with Gasteiger partial charge in [0.2, 0.25) is 0 Å². The van der Waals surface area contributed by atoms with E-state index < -0.39 is 11.9 Å². The second-order valence-corrected chi connectivity index (χ2v) is 10.0. The zero-order chi connectivity index (χ0) is 24.9. The van der Waals surface area contributed by atoms with E-state index in [1.807, 2.05) is 18.2 Å². The predicted octanol–water partition coefficient (Wildman–Crippen LogP) is 4.80. The number of aliphatic carboxylic acids is 1. The van der Waals surface area contributed by atoms with E-state index in [0.29, 0.717) is 28.3 Å². The number of thiophene rings is 1. The van der Waals surface area contributed by atoms with E-state index in [2.05, 4.69) is 24.2 Å². The van der Waals surface area contributed by atoms with Gasteiger partial charge in [-0.25, -0.2) is 4.68 Å². The second-order valence-electron chi connectivity index (χ2n) is 8.93. The molecule has 4 aromatic rings. The number of fused-ring (bicyclic) bond motifs is 2. The number of nitrogens with zero attached hydrogens (tertiary/aromatic N) is 3. The fourth-order valence-electron chi connectivity index (χ4n) is 3.74. The van der Waals surface area contributed by atoms with Crippen LogP contribution in [0.1, 0.15) is 42.8 Å². The van der Waals surface area contributed by atoms with Crippen molar-refractivity contribution < 1.29 is 19.4 Å². The molecule has 0 fully saturated rings. The fourth-order valence-corrected chi connectivity index (χ4v) is 4.78. The molecule has 35 heavy (non-hydrogen) atoms. The Hall–Kier alpha value is -3.59. The topological polar surface area (TPSA) is 111 Å². The van der Waals surface area contributed by atoms with E-state index in [0.717, 1.165) is 26.9 Å². The number of hydrogen-bond donors (Lipinski definition) is 1. The summed E-state index contributed by atoms with van der Waals surface area (Å²) in [5.41, 5.74) is 0.152. The molecule has 0 aliphatic carbocycles. The fraction of sp³-hybridized carbons (Fsp3) is 0.346. The lowest BCUT2D eigenvalue weighted by Gasteiger charge is -2.11. The molecule has 0 aliphatic rings. The first-order valence-electron chi connectivity index (χ1n) is 11.6. The summed E-state index contributed by atoms with van der Waals surface area (Å²) in [7, 11) is 0. The van der Waals surface area contributed by atoms with Gasteiger partial charge in [0.1, 0.15) is 11.3 Å².